The Kier molecular flexibility index (Phi) is 5.50. The average Bonchev–Trinajstić information content (AvgIpc) is 2.58. The summed E-state index contributed by atoms with van der Waals surface area (Å²) >= 11 is 0. The van der Waals surface area contributed by atoms with Crippen LogP contribution in [0.25, 0.3) is 0 Å². The maximum absolute atomic E-state index is 12.5. The monoisotopic (exact) mass is 334 g/mol. The molecular formula is C17H22N2O3S. The zero-order valence-corrected chi connectivity index (χ0v) is 14.4. The standard InChI is InChI=1S/C17H22N2O3S/c1-4-19(5-2)17-13-14(22-3)11-12-16(17)18-23(20,21)15-9-7-6-8-10-15/h6-13,18H,4-5H2,1-3H3. The van der Waals surface area contributed by atoms with Crippen LogP contribution >= 0.6 is 0 Å². The van der Waals surface area contributed by atoms with Crippen LogP contribution in [0.4, 0.5) is 11.4 Å². The lowest BCUT2D eigenvalue weighted by Crippen LogP contribution is -2.24. The molecule has 0 unspecified atom stereocenters. The van der Waals surface area contributed by atoms with Gasteiger partial charge < -0.3 is 9.64 Å². The molecule has 2 aromatic rings. The lowest BCUT2D eigenvalue weighted by molar-refractivity contribution is 0.415. The summed E-state index contributed by atoms with van der Waals surface area (Å²) in [6, 6.07) is 13.7. The Balaban J connectivity index is 2.43. The fourth-order valence-corrected chi connectivity index (χ4v) is 3.45. The zero-order chi connectivity index (χ0) is 16.9. The zero-order valence-electron chi connectivity index (χ0n) is 13.6. The van der Waals surface area contributed by atoms with Crippen LogP contribution in [0.5, 0.6) is 5.75 Å². The summed E-state index contributed by atoms with van der Waals surface area (Å²) in [5, 5.41) is 0. The van der Waals surface area contributed by atoms with E-state index in [2.05, 4.69) is 9.62 Å². The van der Waals surface area contributed by atoms with Gasteiger partial charge in [0.15, 0.2) is 0 Å². The van der Waals surface area contributed by atoms with Crippen molar-refractivity contribution in [2.45, 2.75) is 18.7 Å². The summed E-state index contributed by atoms with van der Waals surface area (Å²) in [7, 11) is -2.03. The Hall–Kier alpha value is -2.21. The number of anilines is 2. The summed E-state index contributed by atoms with van der Waals surface area (Å²) in [4.78, 5) is 2.31. The number of nitrogens with zero attached hydrogens (tertiary/aromatic N) is 1. The first-order valence-electron chi connectivity index (χ1n) is 7.52. The summed E-state index contributed by atoms with van der Waals surface area (Å²) in [6.45, 7) is 5.59. The molecule has 0 saturated heterocycles. The SMILES string of the molecule is CCN(CC)c1cc(OC)ccc1NS(=O)(=O)c1ccccc1. The Labute approximate surface area is 137 Å². The minimum absolute atomic E-state index is 0.237. The first-order chi connectivity index (χ1) is 11.0. The summed E-state index contributed by atoms with van der Waals surface area (Å²) in [5.41, 5.74) is 1.34. The van der Waals surface area contributed by atoms with E-state index in [1.165, 1.54) is 0 Å². The lowest BCUT2D eigenvalue weighted by Gasteiger charge is -2.25. The first-order valence-corrected chi connectivity index (χ1v) is 9.01. The molecule has 0 aliphatic heterocycles. The van der Waals surface area contributed by atoms with Crippen molar-refractivity contribution < 1.29 is 13.2 Å². The van der Waals surface area contributed by atoms with Gasteiger partial charge in [0.1, 0.15) is 5.75 Å². The number of hydrogen-bond acceptors (Lipinski definition) is 4. The molecule has 0 aliphatic carbocycles. The van der Waals surface area contributed by atoms with Crippen molar-refractivity contribution >= 4 is 21.4 Å². The summed E-state index contributed by atoms with van der Waals surface area (Å²) in [5.74, 6) is 0.689. The highest BCUT2D eigenvalue weighted by molar-refractivity contribution is 7.92. The number of benzene rings is 2. The van der Waals surface area contributed by atoms with Gasteiger partial charge in [0.25, 0.3) is 10.0 Å². The second kappa shape index (κ2) is 7.37. The van der Waals surface area contributed by atoms with Gasteiger partial charge in [-0.25, -0.2) is 8.42 Å². The predicted molar refractivity (Wildman–Crippen MR) is 93.8 cm³/mol. The highest BCUT2D eigenvalue weighted by atomic mass is 32.2. The third-order valence-electron chi connectivity index (χ3n) is 3.61. The number of hydrogen-bond donors (Lipinski definition) is 1. The van der Waals surface area contributed by atoms with E-state index < -0.39 is 10.0 Å². The fraction of sp³-hybridized carbons (Fsp3) is 0.294. The molecule has 2 rings (SSSR count). The minimum Gasteiger partial charge on any atom is -0.497 e. The van der Waals surface area contributed by atoms with Crippen LogP contribution in [-0.4, -0.2) is 28.6 Å². The van der Waals surface area contributed by atoms with E-state index in [-0.39, 0.29) is 4.90 Å². The quantitative estimate of drug-likeness (QED) is 0.844. The Morgan fingerprint density at radius 1 is 1.04 bits per heavy atom. The number of ether oxygens (including phenoxy) is 1. The molecule has 0 fully saturated rings. The topological polar surface area (TPSA) is 58.6 Å². The van der Waals surface area contributed by atoms with Gasteiger partial charge in [-0.3, -0.25) is 4.72 Å². The van der Waals surface area contributed by atoms with E-state index in [0.29, 0.717) is 11.4 Å². The van der Waals surface area contributed by atoms with Gasteiger partial charge in [-0.2, -0.15) is 0 Å². The molecule has 23 heavy (non-hydrogen) atoms. The van der Waals surface area contributed by atoms with Crippen LogP contribution in [-0.2, 0) is 10.0 Å². The van der Waals surface area contributed by atoms with Crippen molar-refractivity contribution in [3.8, 4) is 5.75 Å². The molecule has 0 aromatic heterocycles. The molecular weight excluding hydrogens is 312 g/mol. The molecule has 6 heteroatoms. The Bertz CT molecular complexity index is 742. The summed E-state index contributed by atoms with van der Waals surface area (Å²) < 4.78 is 33.0. The van der Waals surface area contributed by atoms with Crippen LogP contribution in [0, 0.1) is 0 Å². The second-order valence-electron chi connectivity index (χ2n) is 4.97. The van der Waals surface area contributed by atoms with E-state index >= 15 is 0 Å². The Morgan fingerprint density at radius 2 is 1.70 bits per heavy atom. The minimum atomic E-state index is -3.62. The lowest BCUT2D eigenvalue weighted by atomic mass is 10.2. The molecule has 5 nitrogen and oxygen atoms in total. The number of nitrogens with one attached hydrogen (secondary N) is 1. The van der Waals surface area contributed by atoms with Crippen LogP contribution < -0.4 is 14.4 Å². The third kappa shape index (κ3) is 3.96. The number of rotatable bonds is 7. The van der Waals surface area contributed by atoms with E-state index in [4.69, 9.17) is 4.74 Å². The third-order valence-corrected chi connectivity index (χ3v) is 4.99. The largest absolute Gasteiger partial charge is 0.497 e. The first kappa shape index (κ1) is 17.1. The molecule has 0 spiro atoms. The molecule has 0 atom stereocenters. The smallest absolute Gasteiger partial charge is 0.261 e. The highest BCUT2D eigenvalue weighted by Crippen LogP contribution is 2.32. The van der Waals surface area contributed by atoms with Crippen LogP contribution in [0.3, 0.4) is 0 Å². The molecule has 2 aromatic carbocycles. The fourth-order valence-electron chi connectivity index (χ4n) is 2.35. The van der Waals surface area contributed by atoms with Gasteiger partial charge >= 0.3 is 0 Å². The van der Waals surface area contributed by atoms with E-state index in [1.807, 2.05) is 19.9 Å². The van der Waals surface area contributed by atoms with E-state index in [1.54, 1.807) is 49.6 Å². The van der Waals surface area contributed by atoms with E-state index in [0.717, 1.165) is 18.8 Å². The van der Waals surface area contributed by atoms with Crippen molar-refractivity contribution in [3.63, 3.8) is 0 Å². The predicted octanol–water partition coefficient (Wildman–Crippen LogP) is 3.34. The van der Waals surface area contributed by atoms with Crippen LogP contribution in [0.15, 0.2) is 53.4 Å². The highest BCUT2D eigenvalue weighted by Gasteiger charge is 2.18. The number of methoxy groups -OCH3 is 1. The van der Waals surface area contributed by atoms with Gasteiger partial charge in [-0.1, -0.05) is 18.2 Å². The van der Waals surface area contributed by atoms with Crippen molar-refractivity contribution in [1.29, 1.82) is 0 Å². The molecule has 0 aliphatic rings. The van der Waals surface area contributed by atoms with Crippen molar-refractivity contribution in [2.75, 3.05) is 29.8 Å². The maximum atomic E-state index is 12.5. The van der Waals surface area contributed by atoms with Crippen LogP contribution in [0.2, 0.25) is 0 Å². The molecule has 0 amide bonds. The Morgan fingerprint density at radius 3 is 2.26 bits per heavy atom. The normalized spacial score (nSPS) is 11.1. The van der Waals surface area contributed by atoms with Crippen molar-refractivity contribution in [3.05, 3.63) is 48.5 Å². The van der Waals surface area contributed by atoms with Gasteiger partial charge in [-0.15, -0.1) is 0 Å². The average molecular weight is 334 g/mol. The second-order valence-corrected chi connectivity index (χ2v) is 6.66. The molecule has 0 heterocycles. The summed E-state index contributed by atoms with van der Waals surface area (Å²) in [6.07, 6.45) is 0. The van der Waals surface area contributed by atoms with Gasteiger partial charge in [0.2, 0.25) is 0 Å². The molecule has 0 radical (unpaired) electrons. The maximum Gasteiger partial charge on any atom is 0.261 e. The molecule has 0 bridgehead atoms. The van der Waals surface area contributed by atoms with Gasteiger partial charge in [0.05, 0.1) is 23.4 Å². The van der Waals surface area contributed by atoms with Gasteiger partial charge in [-0.05, 0) is 38.1 Å². The van der Waals surface area contributed by atoms with Crippen molar-refractivity contribution in [2.24, 2.45) is 0 Å². The van der Waals surface area contributed by atoms with Crippen LogP contribution in [0.1, 0.15) is 13.8 Å². The van der Waals surface area contributed by atoms with Crippen molar-refractivity contribution in [1.82, 2.24) is 0 Å². The molecule has 0 saturated carbocycles. The number of sulfonamides is 1. The van der Waals surface area contributed by atoms with Gasteiger partial charge in [0, 0.05) is 19.2 Å². The molecule has 124 valence electrons. The van der Waals surface area contributed by atoms with E-state index in [9.17, 15) is 8.42 Å². The molecule has 1 N–H and O–H groups in total.